The van der Waals surface area contributed by atoms with E-state index in [9.17, 15) is 9.65 Å². The fourth-order valence-electron chi connectivity index (χ4n) is 1.94. The molecule has 1 atom stereocenters. The van der Waals surface area contributed by atoms with Gasteiger partial charge in [0, 0.05) is 6.61 Å². The van der Waals surface area contributed by atoms with Crippen LogP contribution in [0, 0.1) is 17.1 Å². The molecule has 78 valence electrons. The second-order valence-corrected chi connectivity index (χ2v) is 3.86. The van der Waals surface area contributed by atoms with Crippen molar-refractivity contribution in [1.29, 1.82) is 5.26 Å². The summed E-state index contributed by atoms with van der Waals surface area (Å²) in [6.07, 6.45) is 1.67. The number of nitrogens with zero attached hydrogens (tertiary/aromatic N) is 1. The van der Waals surface area contributed by atoms with Gasteiger partial charge in [-0.25, -0.2) is 4.39 Å². The van der Waals surface area contributed by atoms with Crippen molar-refractivity contribution in [2.45, 2.75) is 18.3 Å². The van der Waals surface area contributed by atoms with E-state index in [0.717, 1.165) is 18.4 Å². The summed E-state index contributed by atoms with van der Waals surface area (Å²) in [4.78, 5) is 0. The SMILES string of the molecule is N#C[C@@]1(c2ccc(F)cc2)CCCOC1. The number of benzene rings is 1. The van der Waals surface area contributed by atoms with Crippen LogP contribution in [0.4, 0.5) is 4.39 Å². The van der Waals surface area contributed by atoms with Crippen molar-refractivity contribution >= 4 is 0 Å². The molecule has 0 aliphatic carbocycles. The average Bonchev–Trinajstić information content (AvgIpc) is 2.31. The number of halogens is 1. The lowest BCUT2D eigenvalue weighted by molar-refractivity contribution is 0.0562. The van der Waals surface area contributed by atoms with Crippen LogP contribution in [0.3, 0.4) is 0 Å². The number of hydrogen-bond donors (Lipinski definition) is 0. The maximum atomic E-state index is 12.8. The van der Waals surface area contributed by atoms with Gasteiger partial charge in [-0.2, -0.15) is 5.26 Å². The fourth-order valence-corrected chi connectivity index (χ4v) is 1.94. The molecule has 0 bridgehead atoms. The van der Waals surface area contributed by atoms with Crippen molar-refractivity contribution < 1.29 is 9.13 Å². The molecule has 0 unspecified atom stereocenters. The van der Waals surface area contributed by atoms with E-state index in [-0.39, 0.29) is 5.82 Å². The van der Waals surface area contributed by atoms with Crippen LogP contribution in [0.25, 0.3) is 0 Å². The monoisotopic (exact) mass is 205 g/mol. The molecule has 3 heteroatoms. The lowest BCUT2D eigenvalue weighted by Crippen LogP contribution is -2.34. The van der Waals surface area contributed by atoms with Crippen LogP contribution in [-0.4, -0.2) is 13.2 Å². The Balaban J connectivity index is 2.33. The first-order valence-corrected chi connectivity index (χ1v) is 5.02. The van der Waals surface area contributed by atoms with Gasteiger partial charge in [0.15, 0.2) is 0 Å². The van der Waals surface area contributed by atoms with Crippen LogP contribution >= 0.6 is 0 Å². The first-order chi connectivity index (χ1) is 7.27. The Morgan fingerprint density at radius 3 is 2.60 bits per heavy atom. The summed E-state index contributed by atoms with van der Waals surface area (Å²) in [5.41, 5.74) is 0.275. The molecule has 2 rings (SSSR count). The third-order valence-corrected chi connectivity index (χ3v) is 2.85. The topological polar surface area (TPSA) is 33.0 Å². The highest BCUT2D eigenvalue weighted by molar-refractivity contribution is 5.33. The minimum absolute atomic E-state index is 0.274. The summed E-state index contributed by atoms with van der Waals surface area (Å²) < 4.78 is 18.1. The normalized spacial score (nSPS) is 25.9. The van der Waals surface area contributed by atoms with E-state index in [2.05, 4.69) is 6.07 Å². The van der Waals surface area contributed by atoms with Crippen LogP contribution in [0.5, 0.6) is 0 Å². The van der Waals surface area contributed by atoms with Gasteiger partial charge in [-0.15, -0.1) is 0 Å². The van der Waals surface area contributed by atoms with Crippen LogP contribution in [-0.2, 0) is 10.2 Å². The van der Waals surface area contributed by atoms with Gasteiger partial charge >= 0.3 is 0 Å². The predicted molar refractivity (Wildman–Crippen MR) is 53.7 cm³/mol. The maximum absolute atomic E-state index is 12.8. The van der Waals surface area contributed by atoms with Crippen molar-refractivity contribution in [2.24, 2.45) is 0 Å². The van der Waals surface area contributed by atoms with Crippen molar-refractivity contribution in [1.82, 2.24) is 0 Å². The Labute approximate surface area is 88.3 Å². The van der Waals surface area contributed by atoms with Crippen molar-refractivity contribution in [3.05, 3.63) is 35.6 Å². The van der Waals surface area contributed by atoms with E-state index in [4.69, 9.17) is 4.74 Å². The standard InChI is InChI=1S/C12H12FNO/c13-11-4-2-10(3-5-11)12(8-14)6-1-7-15-9-12/h2-5H,1,6-7,9H2/t12-/m0/s1. The van der Waals surface area contributed by atoms with E-state index in [0.29, 0.717) is 13.2 Å². The first kappa shape index (κ1) is 10.1. The minimum atomic E-state index is -0.577. The lowest BCUT2D eigenvalue weighted by atomic mass is 9.77. The zero-order chi connectivity index (χ0) is 10.7. The largest absolute Gasteiger partial charge is 0.379 e. The van der Waals surface area contributed by atoms with Gasteiger partial charge in [0.25, 0.3) is 0 Å². The van der Waals surface area contributed by atoms with Crippen LogP contribution in [0.15, 0.2) is 24.3 Å². The molecule has 0 saturated carbocycles. The summed E-state index contributed by atoms with van der Waals surface area (Å²) in [6.45, 7) is 1.12. The summed E-state index contributed by atoms with van der Waals surface area (Å²) in [5.74, 6) is -0.274. The molecular formula is C12H12FNO. The van der Waals surface area contributed by atoms with E-state index in [1.165, 1.54) is 12.1 Å². The van der Waals surface area contributed by atoms with Gasteiger partial charge in [0.05, 0.1) is 12.7 Å². The molecule has 0 radical (unpaired) electrons. The maximum Gasteiger partial charge on any atom is 0.123 e. The van der Waals surface area contributed by atoms with Crippen LogP contribution < -0.4 is 0 Å². The second kappa shape index (κ2) is 4.00. The Hall–Kier alpha value is -1.40. The minimum Gasteiger partial charge on any atom is -0.379 e. The van der Waals surface area contributed by atoms with E-state index in [1.54, 1.807) is 12.1 Å². The predicted octanol–water partition coefficient (Wildman–Crippen LogP) is 2.40. The molecule has 1 aromatic carbocycles. The summed E-state index contributed by atoms with van der Waals surface area (Å²) in [5, 5.41) is 9.24. The highest BCUT2D eigenvalue weighted by atomic mass is 19.1. The molecule has 1 aliphatic heterocycles. The molecule has 0 aromatic heterocycles. The Kier molecular flexibility index (Phi) is 2.70. The van der Waals surface area contributed by atoms with E-state index in [1.807, 2.05) is 0 Å². The molecule has 0 amide bonds. The Morgan fingerprint density at radius 2 is 2.07 bits per heavy atom. The number of ether oxygens (including phenoxy) is 1. The van der Waals surface area contributed by atoms with Crippen LogP contribution in [0.1, 0.15) is 18.4 Å². The number of rotatable bonds is 1. The summed E-state index contributed by atoms with van der Waals surface area (Å²) >= 11 is 0. The number of nitriles is 1. The van der Waals surface area contributed by atoms with Gasteiger partial charge in [-0.05, 0) is 30.5 Å². The third-order valence-electron chi connectivity index (χ3n) is 2.85. The number of hydrogen-bond acceptors (Lipinski definition) is 2. The Bertz CT molecular complexity index is 374. The quantitative estimate of drug-likeness (QED) is 0.705. The van der Waals surface area contributed by atoms with E-state index < -0.39 is 5.41 Å². The zero-order valence-corrected chi connectivity index (χ0v) is 8.37. The average molecular weight is 205 g/mol. The summed E-state index contributed by atoms with van der Waals surface area (Å²) in [6, 6.07) is 8.44. The van der Waals surface area contributed by atoms with Gasteiger partial charge in [-0.3, -0.25) is 0 Å². The molecule has 15 heavy (non-hydrogen) atoms. The van der Waals surface area contributed by atoms with Gasteiger partial charge in [0.1, 0.15) is 11.2 Å². The molecule has 1 saturated heterocycles. The fraction of sp³-hybridized carbons (Fsp3) is 0.417. The molecule has 2 nitrogen and oxygen atoms in total. The molecule has 1 aromatic rings. The van der Waals surface area contributed by atoms with Crippen molar-refractivity contribution in [3.8, 4) is 6.07 Å². The molecule has 0 spiro atoms. The van der Waals surface area contributed by atoms with Crippen molar-refractivity contribution in [2.75, 3.05) is 13.2 Å². The van der Waals surface area contributed by atoms with Gasteiger partial charge in [0.2, 0.25) is 0 Å². The van der Waals surface area contributed by atoms with E-state index >= 15 is 0 Å². The third kappa shape index (κ3) is 1.86. The smallest absolute Gasteiger partial charge is 0.123 e. The van der Waals surface area contributed by atoms with Gasteiger partial charge in [-0.1, -0.05) is 12.1 Å². The molecule has 1 aliphatic rings. The van der Waals surface area contributed by atoms with Gasteiger partial charge < -0.3 is 4.74 Å². The molecule has 1 fully saturated rings. The first-order valence-electron chi connectivity index (χ1n) is 5.02. The Morgan fingerprint density at radius 1 is 1.33 bits per heavy atom. The lowest BCUT2D eigenvalue weighted by Gasteiger charge is -2.30. The zero-order valence-electron chi connectivity index (χ0n) is 8.37. The second-order valence-electron chi connectivity index (χ2n) is 3.86. The van der Waals surface area contributed by atoms with Crippen LogP contribution in [0.2, 0.25) is 0 Å². The molecule has 0 N–H and O–H groups in total. The van der Waals surface area contributed by atoms with Crippen molar-refractivity contribution in [3.63, 3.8) is 0 Å². The molecule has 1 heterocycles. The highest BCUT2D eigenvalue weighted by Gasteiger charge is 2.34. The molecular weight excluding hydrogens is 193 g/mol. The summed E-state index contributed by atoms with van der Waals surface area (Å²) in [7, 11) is 0. The highest BCUT2D eigenvalue weighted by Crippen LogP contribution is 2.32.